The second-order valence-electron chi connectivity index (χ2n) is 9.29. The zero-order valence-corrected chi connectivity index (χ0v) is 19.2. The van der Waals surface area contributed by atoms with Crippen molar-refractivity contribution in [3.8, 4) is 5.75 Å². The molecule has 1 amide bonds. The van der Waals surface area contributed by atoms with E-state index in [2.05, 4.69) is 10.3 Å². The van der Waals surface area contributed by atoms with E-state index in [9.17, 15) is 15.0 Å². The molecular formula is C23H34N4O5. The van der Waals surface area contributed by atoms with Crippen LogP contribution in [-0.2, 0) is 24.9 Å². The number of nitrogens with one attached hydrogen (secondary N) is 1. The summed E-state index contributed by atoms with van der Waals surface area (Å²) in [5, 5.41) is 23.8. The second-order valence-corrected chi connectivity index (χ2v) is 9.29. The molecular weight excluding hydrogens is 412 g/mol. The highest BCUT2D eigenvalue weighted by atomic mass is 16.6. The zero-order valence-electron chi connectivity index (χ0n) is 19.2. The van der Waals surface area contributed by atoms with Gasteiger partial charge >= 0.3 is 6.09 Å². The Bertz CT molecular complexity index is 877. The maximum atomic E-state index is 12.1. The van der Waals surface area contributed by atoms with Crippen molar-refractivity contribution in [3.05, 3.63) is 48.0 Å². The number of aliphatic hydroxyl groups excluding tert-OH is 2. The van der Waals surface area contributed by atoms with E-state index in [0.717, 1.165) is 17.1 Å². The molecule has 1 aromatic carbocycles. The van der Waals surface area contributed by atoms with E-state index < -0.39 is 29.9 Å². The molecule has 1 saturated heterocycles. The first-order chi connectivity index (χ1) is 15.1. The van der Waals surface area contributed by atoms with E-state index in [1.807, 2.05) is 47.0 Å². The summed E-state index contributed by atoms with van der Waals surface area (Å²) in [6.45, 7) is 7.02. The summed E-state index contributed by atoms with van der Waals surface area (Å²) < 4.78 is 13.0. The van der Waals surface area contributed by atoms with Gasteiger partial charge in [-0.15, -0.1) is 0 Å². The normalized spacial score (nSPS) is 22.2. The summed E-state index contributed by atoms with van der Waals surface area (Å²) in [6.07, 6.45) is 1.78. The standard InChI is InChI=1S/C23H34N4O5/c1-23(2,3)32-22(30)25-19-11-17(28)13-27(14-20(19)29)12-16-5-7-18(8-6-16)31-15-21-24-9-10-26(21)4/h5-10,17,19-20,28-29H,11-15H2,1-4H3,(H,25,30)/t17-,19-,20-/m1/s1. The molecule has 176 valence electrons. The first-order valence-corrected chi connectivity index (χ1v) is 10.8. The number of imidazole rings is 1. The smallest absolute Gasteiger partial charge is 0.407 e. The molecule has 0 bridgehead atoms. The molecule has 2 aromatic rings. The van der Waals surface area contributed by atoms with Crippen molar-refractivity contribution in [1.29, 1.82) is 0 Å². The van der Waals surface area contributed by atoms with Crippen molar-refractivity contribution in [3.63, 3.8) is 0 Å². The molecule has 0 saturated carbocycles. The average Bonchev–Trinajstić information content (AvgIpc) is 3.04. The minimum absolute atomic E-state index is 0.261. The number of nitrogens with zero attached hydrogens (tertiary/aromatic N) is 3. The number of aryl methyl sites for hydroxylation is 1. The molecule has 32 heavy (non-hydrogen) atoms. The second kappa shape index (κ2) is 10.3. The Hall–Kier alpha value is -2.62. The van der Waals surface area contributed by atoms with Crippen molar-refractivity contribution >= 4 is 6.09 Å². The van der Waals surface area contributed by atoms with Crippen LogP contribution >= 0.6 is 0 Å². The number of aliphatic hydroxyl groups is 2. The molecule has 1 fully saturated rings. The maximum absolute atomic E-state index is 12.1. The van der Waals surface area contributed by atoms with E-state index in [-0.39, 0.29) is 6.42 Å². The molecule has 1 aliphatic rings. The topological polar surface area (TPSA) is 109 Å². The minimum Gasteiger partial charge on any atom is -0.486 e. The molecule has 1 aliphatic heterocycles. The molecule has 3 N–H and O–H groups in total. The van der Waals surface area contributed by atoms with Gasteiger partial charge in [0.25, 0.3) is 0 Å². The van der Waals surface area contributed by atoms with Gasteiger partial charge < -0.3 is 29.6 Å². The number of carbonyl (C=O) groups excluding carboxylic acids is 1. The third kappa shape index (κ3) is 7.22. The summed E-state index contributed by atoms with van der Waals surface area (Å²) in [5.74, 6) is 1.59. The number of benzene rings is 1. The van der Waals surface area contributed by atoms with Crippen LogP contribution in [0.15, 0.2) is 36.7 Å². The molecule has 9 heteroatoms. The highest BCUT2D eigenvalue weighted by Crippen LogP contribution is 2.19. The maximum Gasteiger partial charge on any atom is 0.407 e. The number of amides is 1. The molecule has 1 aromatic heterocycles. The van der Waals surface area contributed by atoms with Crippen LogP contribution in [0.2, 0.25) is 0 Å². The van der Waals surface area contributed by atoms with Gasteiger partial charge in [0.05, 0.1) is 18.2 Å². The van der Waals surface area contributed by atoms with Gasteiger partial charge in [-0.05, 0) is 44.9 Å². The van der Waals surface area contributed by atoms with E-state index in [0.29, 0.717) is 26.2 Å². The fourth-order valence-electron chi connectivity index (χ4n) is 3.66. The summed E-state index contributed by atoms with van der Waals surface area (Å²) >= 11 is 0. The Morgan fingerprint density at radius 1 is 1.22 bits per heavy atom. The van der Waals surface area contributed by atoms with Crippen LogP contribution in [0.1, 0.15) is 38.6 Å². The highest BCUT2D eigenvalue weighted by molar-refractivity contribution is 5.68. The molecule has 3 rings (SSSR count). The lowest BCUT2D eigenvalue weighted by Crippen LogP contribution is -2.48. The summed E-state index contributed by atoms with van der Waals surface area (Å²) in [6, 6.07) is 7.15. The van der Waals surface area contributed by atoms with E-state index in [1.54, 1.807) is 27.0 Å². The van der Waals surface area contributed by atoms with Crippen molar-refractivity contribution in [2.45, 2.75) is 64.2 Å². The Morgan fingerprint density at radius 3 is 2.56 bits per heavy atom. The number of alkyl carbamates (subject to hydrolysis) is 1. The fraction of sp³-hybridized carbons (Fsp3) is 0.565. The molecule has 2 heterocycles. The Kier molecular flexibility index (Phi) is 7.76. The van der Waals surface area contributed by atoms with Gasteiger partial charge in [0, 0.05) is 39.1 Å². The number of likely N-dealkylation sites (tertiary alicyclic amines) is 1. The number of hydrogen-bond donors (Lipinski definition) is 3. The van der Waals surface area contributed by atoms with Crippen molar-refractivity contribution in [2.75, 3.05) is 13.1 Å². The summed E-state index contributed by atoms with van der Waals surface area (Å²) in [5.41, 5.74) is 0.407. The first-order valence-electron chi connectivity index (χ1n) is 10.8. The number of β-amino-alcohol motifs (C(OH)–C–C–N with tert-alkyl or cyclic N) is 2. The molecule has 9 nitrogen and oxygen atoms in total. The lowest BCUT2D eigenvalue weighted by Gasteiger charge is -2.26. The van der Waals surface area contributed by atoms with Gasteiger partial charge in [0.2, 0.25) is 0 Å². The van der Waals surface area contributed by atoms with Gasteiger partial charge in [0.15, 0.2) is 0 Å². The van der Waals surface area contributed by atoms with Crippen LogP contribution < -0.4 is 10.1 Å². The predicted octanol–water partition coefficient (Wildman–Crippen LogP) is 1.82. The van der Waals surface area contributed by atoms with Crippen LogP contribution in [-0.4, -0.2) is 67.7 Å². The SMILES string of the molecule is Cn1ccnc1COc1ccc(CN2C[C@H](O)C[C@@H](NC(=O)OC(C)(C)C)[C@H](O)C2)cc1. The van der Waals surface area contributed by atoms with E-state index >= 15 is 0 Å². The first kappa shape index (κ1) is 24.0. The van der Waals surface area contributed by atoms with Crippen LogP contribution in [0.4, 0.5) is 4.79 Å². The summed E-state index contributed by atoms with van der Waals surface area (Å²) in [4.78, 5) is 18.3. The van der Waals surface area contributed by atoms with Crippen LogP contribution in [0.5, 0.6) is 5.75 Å². The largest absolute Gasteiger partial charge is 0.486 e. The Balaban J connectivity index is 1.53. The summed E-state index contributed by atoms with van der Waals surface area (Å²) in [7, 11) is 1.92. The van der Waals surface area contributed by atoms with Crippen LogP contribution in [0, 0.1) is 0 Å². The van der Waals surface area contributed by atoms with E-state index in [4.69, 9.17) is 9.47 Å². The molecule has 0 spiro atoms. The van der Waals surface area contributed by atoms with Crippen LogP contribution in [0.3, 0.4) is 0 Å². The van der Waals surface area contributed by atoms with Gasteiger partial charge in [0.1, 0.15) is 23.8 Å². The van der Waals surface area contributed by atoms with E-state index in [1.165, 1.54) is 0 Å². The quantitative estimate of drug-likeness (QED) is 0.621. The lowest BCUT2D eigenvalue weighted by molar-refractivity contribution is 0.0384. The van der Waals surface area contributed by atoms with Gasteiger partial charge in [-0.1, -0.05) is 12.1 Å². The van der Waals surface area contributed by atoms with Crippen molar-refractivity contribution < 1.29 is 24.5 Å². The lowest BCUT2D eigenvalue weighted by atomic mass is 10.1. The van der Waals surface area contributed by atoms with Crippen LogP contribution in [0.25, 0.3) is 0 Å². The number of ether oxygens (including phenoxy) is 2. The van der Waals surface area contributed by atoms with Crippen molar-refractivity contribution in [2.24, 2.45) is 7.05 Å². The Labute approximate surface area is 189 Å². The fourth-order valence-corrected chi connectivity index (χ4v) is 3.66. The molecule has 0 unspecified atom stereocenters. The average molecular weight is 447 g/mol. The molecule has 3 atom stereocenters. The third-order valence-corrected chi connectivity index (χ3v) is 5.23. The predicted molar refractivity (Wildman–Crippen MR) is 119 cm³/mol. The molecule has 0 radical (unpaired) electrons. The minimum atomic E-state index is -0.819. The Morgan fingerprint density at radius 2 is 1.94 bits per heavy atom. The molecule has 0 aliphatic carbocycles. The van der Waals surface area contributed by atoms with Crippen molar-refractivity contribution in [1.82, 2.24) is 19.8 Å². The monoisotopic (exact) mass is 446 g/mol. The zero-order chi connectivity index (χ0) is 23.3. The third-order valence-electron chi connectivity index (χ3n) is 5.23. The number of aromatic nitrogens is 2. The van der Waals surface area contributed by atoms with Gasteiger partial charge in [-0.2, -0.15) is 0 Å². The number of rotatable bonds is 6. The highest BCUT2D eigenvalue weighted by Gasteiger charge is 2.32. The van der Waals surface area contributed by atoms with Gasteiger partial charge in [-0.25, -0.2) is 9.78 Å². The number of hydrogen-bond acceptors (Lipinski definition) is 7. The van der Waals surface area contributed by atoms with Gasteiger partial charge in [-0.3, -0.25) is 4.90 Å². The number of carbonyl (C=O) groups is 1.